The highest BCUT2D eigenvalue weighted by Crippen LogP contribution is 2.27. The molecular formula is C22H18F2N4O2. The summed E-state index contributed by atoms with van der Waals surface area (Å²) < 4.78 is 27.7. The predicted octanol–water partition coefficient (Wildman–Crippen LogP) is 4.09. The van der Waals surface area contributed by atoms with Gasteiger partial charge in [-0.15, -0.1) is 0 Å². The van der Waals surface area contributed by atoms with Crippen molar-refractivity contribution in [3.05, 3.63) is 82.1 Å². The number of nitrogens with one attached hydrogen (secondary N) is 1. The molecule has 3 rings (SSSR count). The Labute approximate surface area is 171 Å². The molecule has 1 N–H and O–H groups in total. The van der Waals surface area contributed by atoms with Gasteiger partial charge in [-0.2, -0.15) is 10.4 Å². The zero-order valence-electron chi connectivity index (χ0n) is 16.3. The summed E-state index contributed by atoms with van der Waals surface area (Å²) in [5.41, 5.74) is 1.19. The fourth-order valence-corrected chi connectivity index (χ4v) is 2.81. The van der Waals surface area contributed by atoms with E-state index in [1.165, 1.54) is 43.3 Å². The van der Waals surface area contributed by atoms with Crippen LogP contribution in [0.15, 0.2) is 65.5 Å². The lowest BCUT2D eigenvalue weighted by Crippen LogP contribution is -2.33. The Bertz CT molecular complexity index is 1180. The van der Waals surface area contributed by atoms with E-state index in [1.807, 2.05) is 6.07 Å². The number of nitriles is 1. The first kappa shape index (κ1) is 20.9. The molecule has 6 nitrogen and oxygen atoms in total. The first-order chi connectivity index (χ1) is 14.2. The van der Waals surface area contributed by atoms with E-state index in [1.54, 1.807) is 24.3 Å². The lowest BCUT2D eigenvalue weighted by atomic mass is 10.1. The number of anilines is 1. The van der Waals surface area contributed by atoms with Gasteiger partial charge in [-0.25, -0.2) is 13.5 Å². The van der Waals surface area contributed by atoms with Crippen molar-refractivity contribution in [2.75, 3.05) is 5.32 Å². The Balaban J connectivity index is 1.83. The molecule has 3 aromatic rings. The van der Waals surface area contributed by atoms with Crippen molar-refractivity contribution in [3.8, 4) is 17.3 Å². The maximum atomic E-state index is 13.3. The largest absolute Gasteiger partial charge is 0.324 e. The lowest BCUT2D eigenvalue weighted by Gasteiger charge is -2.16. The van der Waals surface area contributed by atoms with Crippen LogP contribution in [0.4, 0.5) is 14.5 Å². The zero-order chi connectivity index (χ0) is 21.9. The standard InChI is InChI=1S/C22H18F2N4O2/c1-14(21(30)26-18-8-6-17(7-9-18)22(2,23)24)28-20(29)11-10-19(27-28)16-5-3-4-15(12-16)13-25/h3-12,14H,1-2H3,(H,26,30). The molecule has 0 aliphatic heterocycles. The van der Waals surface area contributed by atoms with Gasteiger partial charge >= 0.3 is 0 Å². The number of hydrogen-bond donors (Lipinski definition) is 1. The predicted molar refractivity (Wildman–Crippen MR) is 108 cm³/mol. The molecule has 0 bridgehead atoms. The molecule has 0 radical (unpaired) electrons. The van der Waals surface area contributed by atoms with Gasteiger partial charge in [0.15, 0.2) is 0 Å². The SMILES string of the molecule is CC(C(=O)Nc1ccc(C(C)(F)F)cc1)n1nc(-c2cccc(C#N)c2)ccc1=O. The molecule has 152 valence electrons. The summed E-state index contributed by atoms with van der Waals surface area (Å²) >= 11 is 0. The van der Waals surface area contributed by atoms with E-state index in [0.29, 0.717) is 22.5 Å². The number of nitrogens with zero attached hydrogens (tertiary/aromatic N) is 3. The van der Waals surface area contributed by atoms with Crippen molar-refractivity contribution in [1.29, 1.82) is 5.26 Å². The third kappa shape index (κ3) is 4.58. The van der Waals surface area contributed by atoms with Crippen LogP contribution >= 0.6 is 0 Å². The number of benzene rings is 2. The maximum absolute atomic E-state index is 13.3. The number of carbonyl (C=O) groups is 1. The molecule has 0 aliphatic rings. The van der Waals surface area contributed by atoms with Crippen molar-refractivity contribution in [2.24, 2.45) is 0 Å². The van der Waals surface area contributed by atoms with E-state index in [0.717, 1.165) is 11.6 Å². The highest BCUT2D eigenvalue weighted by molar-refractivity contribution is 5.93. The smallest absolute Gasteiger partial charge is 0.270 e. The number of carbonyl (C=O) groups excluding carboxylic acids is 1. The van der Waals surface area contributed by atoms with E-state index >= 15 is 0 Å². The van der Waals surface area contributed by atoms with Crippen LogP contribution in [0.5, 0.6) is 0 Å². The van der Waals surface area contributed by atoms with E-state index in [2.05, 4.69) is 10.4 Å². The summed E-state index contributed by atoms with van der Waals surface area (Å²) in [7, 11) is 0. The van der Waals surface area contributed by atoms with Crippen LogP contribution in [0.25, 0.3) is 11.3 Å². The minimum absolute atomic E-state index is 0.168. The second-order valence-electron chi connectivity index (χ2n) is 6.82. The minimum atomic E-state index is -2.98. The van der Waals surface area contributed by atoms with Crippen molar-refractivity contribution in [2.45, 2.75) is 25.8 Å². The molecule has 0 saturated heterocycles. The van der Waals surface area contributed by atoms with Crippen molar-refractivity contribution in [3.63, 3.8) is 0 Å². The number of rotatable bonds is 5. The van der Waals surface area contributed by atoms with Crippen LogP contribution in [0.2, 0.25) is 0 Å². The second-order valence-corrected chi connectivity index (χ2v) is 6.82. The monoisotopic (exact) mass is 408 g/mol. The molecule has 8 heteroatoms. The molecule has 1 aromatic heterocycles. The topological polar surface area (TPSA) is 87.8 Å². The Hall–Kier alpha value is -3.86. The number of hydrogen-bond acceptors (Lipinski definition) is 4. The fraction of sp³-hybridized carbons (Fsp3) is 0.182. The van der Waals surface area contributed by atoms with Gasteiger partial charge in [0.2, 0.25) is 5.91 Å². The average Bonchev–Trinajstić information content (AvgIpc) is 2.73. The Morgan fingerprint density at radius 1 is 1.17 bits per heavy atom. The summed E-state index contributed by atoms with van der Waals surface area (Å²) in [6.45, 7) is 2.30. The van der Waals surface area contributed by atoms with Crippen molar-refractivity contribution >= 4 is 11.6 Å². The van der Waals surface area contributed by atoms with Gasteiger partial charge in [0.25, 0.3) is 11.5 Å². The average molecular weight is 408 g/mol. The first-order valence-electron chi connectivity index (χ1n) is 9.08. The molecular weight excluding hydrogens is 390 g/mol. The first-order valence-corrected chi connectivity index (χ1v) is 9.08. The molecule has 1 amide bonds. The number of halogens is 2. The maximum Gasteiger partial charge on any atom is 0.270 e. The molecule has 1 atom stereocenters. The third-order valence-corrected chi connectivity index (χ3v) is 4.52. The van der Waals surface area contributed by atoms with Crippen LogP contribution in [0.1, 0.15) is 31.0 Å². The minimum Gasteiger partial charge on any atom is -0.324 e. The van der Waals surface area contributed by atoms with E-state index in [9.17, 15) is 18.4 Å². The van der Waals surface area contributed by atoms with Crippen LogP contribution in [0.3, 0.4) is 0 Å². The normalized spacial score (nSPS) is 12.1. The van der Waals surface area contributed by atoms with Crippen molar-refractivity contribution in [1.82, 2.24) is 9.78 Å². The lowest BCUT2D eigenvalue weighted by molar-refractivity contribution is -0.119. The quantitative estimate of drug-likeness (QED) is 0.689. The molecule has 0 fully saturated rings. The summed E-state index contributed by atoms with van der Waals surface area (Å²) in [4.78, 5) is 24.9. The van der Waals surface area contributed by atoms with Crippen LogP contribution in [-0.4, -0.2) is 15.7 Å². The molecule has 1 heterocycles. The van der Waals surface area contributed by atoms with Gasteiger partial charge in [-0.3, -0.25) is 9.59 Å². The van der Waals surface area contributed by atoms with E-state index < -0.39 is 23.4 Å². The third-order valence-electron chi connectivity index (χ3n) is 4.52. The fourth-order valence-electron chi connectivity index (χ4n) is 2.81. The van der Waals surface area contributed by atoms with Crippen LogP contribution in [0, 0.1) is 11.3 Å². The number of amides is 1. The second kappa shape index (κ2) is 8.25. The molecule has 0 saturated carbocycles. The van der Waals surface area contributed by atoms with Gasteiger partial charge in [-0.05, 0) is 37.3 Å². The Morgan fingerprint density at radius 2 is 1.87 bits per heavy atom. The Kier molecular flexibility index (Phi) is 5.74. The van der Waals surface area contributed by atoms with Gasteiger partial charge in [0.05, 0.1) is 17.3 Å². The molecule has 1 unspecified atom stereocenters. The highest BCUT2D eigenvalue weighted by atomic mass is 19.3. The van der Waals surface area contributed by atoms with E-state index in [-0.39, 0.29) is 5.56 Å². The van der Waals surface area contributed by atoms with Crippen LogP contribution in [-0.2, 0) is 10.7 Å². The summed E-state index contributed by atoms with van der Waals surface area (Å²) in [6, 6.07) is 15.8. The number of alkyl halides is 2. The Morgan fingerprint density at radius 3 is 2.50 bits per heavy atom. The zero-order valence-corrected chi connectivity index (χ0v) is 16.3. The van der Waals surface area contributed by atoms with Gasteiger partial charge < -0.3 is 5.32 Å². The summed E-state index contributed by atoms with van der Waals surface area (Å²) in [5, 5.41) is 15.9. The van der Waals surface area contributed by atoms with Crippen LogP contribution < -0.4 is 10.9 Å². The van der Waals surface area contributed by atoms with Gasteiger partial charge in [0.1, 0.15) is 6.04 Å². The molecule has 2 aromatic carbocycles. The summed E-state index contributed by atoms with van der Waals surface area (Å²) in [5.74, 6) is -3.50. The van der Waals surface area contributed by atoms with Gasteiger partial charge in [-0.1, -0.05) is 24.3 Å². The van der Waals surface area contributed by atoms with E-state index in [4.69, 9.17) is 5.26 Å². The summed E-state index contributed by atoms with van der Waals surface area (Å²) in [6.07, 6.45) is 0. The van der Waals surface area contributed by atoms with Gasteiger partial charge in [0, 0.05) is 29.8 Å². The molecule has 0 aliphatic carbocycles. The molecule has 30 heavy (non-hydrogen) atoms. The molecule has 0 spiro atoms. The van der Waals surface area contributed by atoms with Crippen molar-refractivity contribution < 1.29 is 13.6 Å². The highest BCUT2D eigenvalue weighted by Gasteiger charge is 2.24. The number of aromatic nitrogens is 2.